The molecule has 0 heterocycles. The normalized spacial score (nSPS) is 12.9. The number of hydrogen-bond acceptors (Lipinski definition) is 6. The van der Waals surface area contributed by atoms with Crippen LogP contribution in [-0.4, -0.2) is 37.2 Å². The summed E-state index contributed by atoms with van der Waals surface area (Å²) in [4.78, 5) is 37.9. The Kier molecular flexibility index (Phi) is 47.0. The molecule has 0 amide bonds. The average molecular weight is 861 g/mol. The molecule has 0 N–H and O–H groups in total. The maximum Gasteiger partial charge on any atom is 0.306 e. The van der Waals surface area contributed by atoms with E-state index in [1.54, 1.807) is 0 Å². The largest absolute Gasteiger partial charge is 0.462 e. The number of esters is 3. The van der Waals surface area contributed by atoms with Gasteiger partial charge in [0.1, 0.15) is 13.2 Å². The van der Waals surface area contributed by atoms with E-state index < -0.39 is 6.10 Å². The van der Waals surface area contributed by atoms with Crippen molar-refractivity contribution in [1.82, 2.24) is 0 Å². The van der Waals surface area contributed by atoms with Gasteiger partial charge in [-0.1, -0.05) is 195 Å². The predicted octanol–water partition coefficient (Wildman–Crippen LogP) is 16.6. The number of ether oxygens (including phenoxy) is 3. The zero-order chi connectivity index (χ0) is 45.1. The van der Waals surface area contributed by atoms with E-state index in [0.717, 1.165) is 103 Å². The molecule has 0 bridgehead atoms. The van der Waals surface area contributed by atoms with Gasteiger partial charge in [-0.05, 0) is 103 Å². The van der Waals surface area contributed by atoms with Gasteiger partial charge in [0, 0.05) is 19.3 Å². The molecule has 6 nitrogen and oxygen atoms in total. The van der Waals surface area contributed by atoms with Crippen molar-refractivity contribution in [2.24, 2.45) is 0 Å². The third-order valence-corrected chi connectivity index (χ3v) is 10.4. The molecule has 0 spiro atoms. The summed E-state index contributed by atoms with van der Waals surface area (Å²) in [6.45, 7) is 6.38. The minimum atomic E-state index is -0.816. The van der Waals surface area contributed by atoms with E-state index in [4.69, 9.17) is 14.2 Å². The Hall–Kier alpha value is -3.67. The Morgan fingerprint density at radius 1 is 0.355 bits per heavy atom. The lowest BCUT2D eigenvalue weighted by atomic mass is 10.1. The Morgan fingerprint density at radius 2 is 0.710 bits per heavy atom. The fraction of sp³-hybridized carbons (Fsp3) is 0.661. The Labute approximate surface area is 381 Å². The molecule has 352 valence electrons. The maximum atomic E-state index is 12.8. The number of unbranched alkanes of at least 4 members (excludes halogenated alkanes) is 19. The second-order valence-corrected chi connectivity index (χ2v) is 16.4. The van der Waals surface area contributed by atoms with Crippen LogP contribution in [0.15, 0.2) is 97.2 Å². The lowest BCUT2D eigenvalue weighted by molar-refractivity contribution is -0.167. The van der Waals surface area contributed by atoms with Crippen LogP contribution in [0.4, 0.5) is 0 Å². The molecule has 0 aromatic heterocycles. The van der Waals surface area contributed by atoms with Crippen molar-refractivity contribution in [3.63, 3.8) is 0 Å². The molecule has 0 aliphatic heterocycles. The van der Waals surface area contributed by atoms with Gasteiger partial charge in [0.2, 0.25) is 0 Å². The van der Waals surface area contributed by atoms with Crippen LogP contribution < -0.4 is 0 Å². The third-order valence-electron chi connectivity index (χ3n) is 10.4. The first-order chi connectivity index (χ1) is 30.5. The molecule has 0 saturated carbocycles. The van der Waals surface area contributed by atoms with E-state index in [0.29, 0.717) is 12.8 Å². The molecule has 62 heavy (non-hydrogen) atoms. The number of rotatable bonds is 44. The summed E-state index contributed by atoms with van der Waals surface area (Å²) in [7, 11) is 0. The first-order valence-electron chi connectivity index (χ1n) is 25.3. The first-order valence-corrected chi connectivity index (χ1v) is 25.3. The van der Waals surface area contributed by atoms with Crippen molar-refractivity contribution in [2.45, 2.75) is 226 Å². The van der Waals surface area contributed by atoms with Crippen molar-refractivity contribution in [3.05, 3.63) is 97.2 Å². The number of carbonyl (C=O) groups is 3. The summed E-state index contributed by atoms with van der Waals surface area (Å²) in [5, 5.41) is 0. The summed E-state index contributed by atoms with van der Waals surface area (Å²) < 4.78 is 16.7. The molecule has 0 rings (SSSR count). The molecule has 0 aliphatic carbocycles. The smallest absolute Gasteiger partial charge is 0.306 e. The zero-order valence-corrected chi connectivity index (χ0v) is 40.1. The van der Waals surface area contributed by atoms with Crippen LogP contribution in [0.5, 0.6) is 0 Å². The van der Waals surface area contributed by atoms with Crippen molar-refractivity contribution in [3.8, 4) is 0 Å². The Morgan fingerprint density at radius 3 is 1.24 bits per heavy atom. The minimum absolute atomic E-state index is 0.112. The van der Waals surface area contributed by atoms with Gasteiger partial charge >= 0.3 is 17.9 Å². The topological polar surface area (TPSA) is 78.9 Å². The Balaban J connectivity index is 4.53. The van der Waals surface area contributed by atoms with Crippen LogP contribution in [0.3, 0.4) is 0 Å². The van der Waals surface area contributed by atoms with Crippen LogP contribution in [0.2, 0.25) is 0 Å². The van der Waals surface area contributed by atoms with Gasteiger partial charge in [-0.15, -0.1) is 0 Å². The Bertz CT molecular complexity index is 1260. The fourth-order valence-corrected chi connectivity index (χ4v) is 6.55. The first kappa shape index (κ1) is 58.3. The lowest BCUT2D eigenvalue weighted by Gasteiger charge is -2.18. The summed E-state index contributed by atoms with van der Waals surface area (Å²) >= 11 is 0. The van der Waals surface area contributed by atoms with E-state index in [2.05, 4.69) is 118 Å². The number of allylic oxidation sites excluding steroid dienone is 16. The van der Waals surface area contributed by atoms with Crippen LogP contribution in [0, 0.1) is 0 Å². The SMILES string of the molecule is CC/C=C/C=C/C=C/CCCCCCCC(=O)OCC(COC(=O)CCC/C=C/C/C=C/C/C=C/C/C=C/CCCCC)OC(=O)CCCCC/C=C/CCCCCCCCC. The average Bonchev–Trinajstić information content (AvgIpc) is 3.27. The second-order valence-electron chi connectivity index (χ2n) is 16.4. The lowest BCUT2D eigenvalue weighted by Crippen LogP contribution is -2.30. The molecule has 0 radical (unpaired) electrons. The highest BCUT2D eigenvalue weighted by Gasteiger charge is 2.19. The molecular formula is C56H92O6. The van der Waals surface area contributed by atoms with Gasteiger partial charge in [-0.2, -0.15) is 0 Å². The van der Waals surface area contributed by atoms with Crippen molar-refractivity contribution in [1.29, 1.82) is 0 Å². The van der Waals surface area contributed by atoms with Crippen molar-refractivity contribution >= 4 is 17.9 Å². The maximum absolute atomic E-state index is 12.8. The highest BCUT2D eigenvalue weighted by Crippen LogP contribution is 2.12. The second kappa shape index (κ2) is 50.0. The molecule has 0 saturated heterocycles. The van der Waals surface area contributed by atoms with Gasteiger partial charge in [0.25, 0.3) is 0 Å². The van der Waals surface area contributed by atoms with Gasteiger partial charge in [0.15, 0.2) is 6.10 Å². The molecule has 0 aliphatic rings. The fourth-order valence-electron chi connectivity index (χ4n) is 6.55. The van der Waals surface area contributed by atoms with Crippen LogP contribution in [-0.2, 0) is 28.6 Å². The molecular weight excluding hydrogens is 769 g/mol. The van der Waals surface area contributed by atoms with Gasteiger partial charge in [-0.25, -0.2) is 0 Å². The molecule has 6 heteroatoms. The van der Waals surface area contributed by atoms with E-state index >= 15 is 0 Å². The van der Waals surface area contributed by atoms with Crippen LogP contribution in [0.1, 0.15) is 220 Å². The van der Waals surface area contributed by atoms with Gasteiger partial charge in [0.05, 0.1) is 0 Å². The molecule has 1 unspecified atom stereocenters. The summed E-state index contributed by atoms with van der Waals surface area (Å²) in [6.07, 6.45) is 65.4. The third kappa shape index (κ3) is 47.4. The summed E-state index contributed by atoms with van der Waals surface area (Å²) in [5.41, 5.74) is 0. The minimum Gasteiger partial charge on any atom is -0.462 e. The van der Waals surface area contributed by atoms with Crippen LogP contribution >= 0.6 is 0 Å². The van der Waals surface area contributed by atoms with Gasteiger partial charge < -0.3 is 14.2 Å². The predicted molar refractivity (Wildman–Crippen MR) is 265 cm³/mol. The molecule has 0 fully saturated rings. The van der Waals surface area contributed by atoms with Crippen LogP contribution in [0.25, 0.3) is 0 Å². The van der Waals surface area contributed by atoms with Gasteiger partial charge in [-0.3, -0.25) is 14.4 Å². The summed E-state index contributed by atoms with van der Waals surface area (Å²) in [6, 6.07) is 0. The number of hydrogen-bond donors (Lipinski definition) is 0. The molecule has 0 aromatic carbocycles. The van der Waals surface area contributed by atoms with E-state index in [1.807, 2.05) is 0 Å². The quantitative estimate of drug-likeness (QED) is 0.0200. The standard InChI is InChI=1S/C56H92O6/c1-4-7-10-13-16-19-22-25-27-28-29-32-34-37-40-43-46-49-55(58)61-52-53(51-60-54(57)48-45-42-39-36-33-30-24-21-18-15-12-9-6-3)62-56(59)50-47-44-41-38-35-31-26-23-20-17-14-11-8-5-2/h9,12,15-16,18-19,21,24-25,27,29,31-32,35,37,40,53H,4-8,10-11,13-14,17,20,22-23,26,28,30,33-34,36,38-39,41-52H2,1-3H3/b12-9+,18-15+,19-16+,24-21+,27-25+,32-29+,35-31+,40-37+. The highest BCUT2D eigenvalue weighted by atomic mass is 16.6. The highest BCUT2D eigenvalue weighted by molar-refractivity contribution is 5.71. The van der Waals surface area contributed by atoms with E-state index in [-0.39, 0.29) is 44.0 Å². The summed E-state index contributed by atoms with van der Waals surface area (Å²) in [5.74, 6) is -1.01. The van der Waals surface area contributed by atoms with E-state index in [1.165, 1.54) is 70.6 Å². The number of carbonyl (C=O) groups excluding carboxylic acids is 3. The molecule has 0 aromatic rings. The zero-order valence-electron chi connectivity index (χ0n) is 40.1. The van der Waals surface area contributed by atoms with E-state index in [9.17, 15) is 14.4 Å². The molecule has 1 atom stereocenters. The monoisotopic (exact) mass is 861 g/mol. The van der Waals surface area contributed by atoms with Crippen molar-refractivity contribution in [2.75, 3.05) is 13.2 Å². The van der Waals surface area contributed by atoms with Crippen molar-refractivity contribution < 1.29 is 28.6 Å².